The third kappa shape index (κ3) is 7.68. The number of nitrogens with zero attached hydrogens (tertiary/aromatic N) is 4. The monoisotopic (exact) mass is 632 g/mol. The minimum absolute atomic E-state index is 0.0374. The van der Waals surface area contributed by atoms with Crippen molar-refractivity contribution in [2.75, 3.05) is 65.7 Å². The van der Waals surface area contributed by atoms with Crippen molar-refractivity contribution in [1.29, 1.82) is 0 Å². The summed E-state index contributed by atoms with van der Waals surface area (Å²) in [5.74, 6) is -1.23. The van der Waals surface area contributed by atoms with Crippen LogP contribution in [0.4, 0.5) is 0 Å². The normalized spacial score (nSPS) is 17.6. The average molecular weight is 633 g/mol. The largest absolute Gasteiger partial charge is 0.378 e. The molecule has 0 atom stereocenters. The van der Waals surface area contributed by atoms with E-state index in [4.69, 9.17) is 9.47 Å². The van der Waals surface area contributed by atoms with Crippen molar-refractivity contribution in [3.63, 3.8) is 0 Å². The van der Waals surface area contributed by atoms with Crippen molar-refractivity contribution in [2.45, 2.75) is 38.5 Å². The van der Waals surface area contributed by atoms with Crippen molar-refractivity contribution in [3.8, 4) is 0 Å². The molecule has 0 saturated carbocycles. The number of amides is 6. The quantitative estimate of drug-likeness (QED) is 0.288. The van der Waals surface area contributed by atoms with Gasteiger partial charge in [-0.1, -0.05) is 24.3 Å². The first-order chi connectivity index (χ1) is 22.4. The number of carbonyl (C=O) groups is 6. The molecule has 1 fully saturated rings. The van der Waals surface area contributed by atoms with Crippen LogP contribution in [0.5, 0.6) is 0 Å². The van der Waals surface area contributed by atoms with Crippen molar-refractivity contribution in [3.05, 3.63) is 70.8 Å². The molecule has 3 aliphatic heterocycles. The van der Waals surface area contributed by atoms with Gasteiger partial charge in [-0.3, -0.25) is 38.6 Å². The molecule has 0 bridgehead atoms. The zero-order chi connectivity index (χ0) is 32.5. The van der Waals surface area contributed by atoms with Crippen LogP contribution in [-0.2, 0) is 19.1 Å². The molecule has 46 heavy (non-hydrogen) atoms. The van der Waals surface area contributed by atoms with Gasteiger partial charge in [-0.25, -0.2) is 0 Å². The highest BCUT2D eigenvalue weighted by molar-refractivity contribution is 6.22. The molecule has 2 aromatic carbocycles. The lowest BCUT2D eigenvalue weighted by atomic mass is 10.1. The molecule has 0 unspecified atom stereocenters. The van der Waals surface area contributed by atoms with Gasteiger partial charge in [0, 0.05) is 52.1 Å². The van der Waals surface area contributed by atoms with Crippen molar-refractivity contribution >= 4 is 35.4 Å². The number of fused-ring (bicyclic) bond motifs is 2. The molecular weight excluding hydrogens is 592 g/mol. The van der Waals surface area contributed by atoms with Gasteiger partial charge in [0.25, 0.3) is 23.6 Å². The minimum atomic E-state index is -0.288. The lowest BCUT2D eigenvalue weighted by molar-refractivity contribution is -0.134. The highest BCUT2D eigenvalue weighted by Crippen LogP contribution is 2.24. The average Bonchev–Trinajstić information content (AvgIpc) is 3.45. The predicted molar refractivity (Wildman–Crippen MR) is 166 cm³/mol. The molecule has 0 aromatic heterocycles. The SMILES string of the molecule is O=C(CCCCN1C(=O)c2ccccc2C1=O)N1CCOCCN(C(=O)CCCCN2C(=O)c3ccccc3C2=O)CCOCC1. The van der Waals surface area contributed by atoms with Gasteiger partial charge in [0.2, 0.25) is 11.8 Å². The number of rotatable bonds is 10. The number of carbonyl (C=O) groups excluding carboxylic acids is 6. The molecule has 3 aliphatic rings. The van der Waals surface area contributed by atoms with Gasteiger partial charge in [-0.05, 0) is 49.9 Å². The van der Waals surface area contributed by atoms with Crippen LogP contribution in [0.15, 0.2) is 48.5 Å². The van der Waals surface area contributed by atoms with Crippen LogP contribution in [0.3, 0.4) is 0 Å². The maximum absolute atomic E-state index is 12.9. The molecule has 5 rings (SSSR count). The van der Waals surface area contributed by atoms with Gasteiger partial charge >= 0.3 is 0 Å². The van der Waals surface area contributed by atoms with E-state index in [1.54, 1.807) is 58.3 Å². The Morgan fingerprint density at radius 2 is 0.804 bits per heavy atom. The molecule has 244 valence electrons. The summed E-state index contributed by atoms with van der Waals surface area (Å²) in [6.07, 6.45) is 2.73. The minimum Gasteiger partial charge on any atom is -0.378 e. The molecule has 6 amide bonds. The van der Waals surface area contributed by atoms with Crippen molar-refractivity contribution in [1.82, 2.24) is 19.6 Å². The van der Waals surface area contributed by atoms with Crippen LogP contribution in [0, 0.1) is 0 Å². The number of hydrogen-bond acceptors (Lipinski definition) is 8. The van der Waals surface area contributed by atoms with Crippen LogP contribution in [-0.4, -0.2) is 121 Å². The zero-order valence-corrected chi connectivity index (χ0v) is 26.0. The van der Waals surface area contributed by atoms with E-state index in [1.807, 2.05) is 0 Å². The number of benzene rings is 2. The van der Waals surface area contributed by atoms with Gasteiger partial charge in [0.1, 0.15) is 0 Å². The number of hydrogen-bond donors (Lipinski definition) is 0. The first kappa shape index (κ1) is 33.0. The molecular formula is C34H40N4O8. The Morgan fingerprint density at radius 1 is 0.500 bits per heavy atom. The standard InChI is InChI=1S/C34H40N4O8/c39-29(13-5-7-15-37-31(41)25-9-1-2-10-26(25)32(37)42)35-17-21-45-23-19-36(20-24-46-22-18-35)30(40)14-6-8-16-38-33(43)27-11-3-4-12-28(27)34(38)44/h1-4,9-12H,5-8,13-24H2. The molecule has 12 heteroatoms. The van der Waals surface area contributed by atoms with Crippen molar-refractivity contribution < 1.29 is 38.2 Å². The molecule has 3 heterocycles. The summed E-state index contributed by atoms with van der Waals surface area (Å²) in [5, 5.41) is 0. The summed E-state index contributed by atoms with van der Waals surface area (Å²) in [5.41, 5.74) is 1.70. The fraction of sp³-hybridized carbons (Fsp3) is 0.471. The van der Waals surface area contributed by atoms with Crippen molar-refractivity contribution in [2.24, 2.45) is 0 Å². The number of unbranched alkanes of at least 4 members (excludes halogenated alkanes) is 2. The second-order valence-electron chi connectivity index (χ2n) is 11.5. The first-order valence-electron chi connectivity index (χ1n) is 16.0. The van der Waals surface area contributed by atoms with Gasteiger partial charge < -0.3 is 19.3 Å². The van der Waals surface area contributed by atoms with E-state index in [0.717, 1.165) is 0 Å². The molecule has 12 nitrogen and oxygen atoms in total. The van der Waals surface area contributed by atoms with E-state index in [1.165, 1.54) is 9.80 Å². The topological polar surface area (TPSA) is 134 Å². The Bertz CT molecular complexity index is 1290. The Hall–Kier alpha value is -4.42. The molecule has 2 aromatic rings. The Labute approximate surface area is 268 Å². The third-order valence-electron chi connectivity index (χ3n) is 8.53. The fourth-order valence-electron chi connectivity index (χ4n) is 5.92. The summed E-state index contributed by atoms with van der Waals surface area (Å²) >= 11 is 0. The summed E-state index contributed by atoms with van der Waals surface area (Å²) in [6, 6.07) is 13.6. The second-order valence-corrected chi connectivity index (χ2v) is 11.5. The van der Waals surface area contributed by atoms with Crippen LogP contribution < -0.4 is 0 Å². The third-order valence-corrected chi connectivity index (χ3v) is 8.53. The molecule has 0 N–H and O–H groups in total. The Balaban J connectivity index is 0.977. The van der Waals surface area contributed by atoms with Crippen LogP contribution in [0.25, 0.3) is 0 Å². The highest BCUT2D eigenvalue weighted by atomic mass is 16.5. The van der Waals surface area contributed by atoms with E-state index in [9.17, 15) is 28.8 Å². The summed E-state index contributed by atoms with van der Waals surface area (Å²) in [4.78, 5) is 81.9. The lowest BCUT2D eigenvalue weighted by Gasteiger charge is -2.26. The van der Waals surface area contributed by atoms with E-state index < -0.39 is 0 Å². The maximum atomic E-state index is 12.9. The van der Waals surface area contributed by atoms with Crippen LogP contribution in [0.2, 0.25) is 0 Å². The second kappa shape index (κ2) is 15.7. The highest BCUT2D eigenvalue weighted by Gasteiger charge is 2.35. The number of imide groups is 2. The molecule has 0 aliphatic carbocycles. The van der Waals surface area contributed by atoms with Gasteiger partial charge in [0.05, 0.1) is 48.7 Å². The van der Waals surface area contributed by atoms with E-state index in [-0.39, 0.29) is 48.5 Å². The van der Waals surface area contributed by atoms with E-state index in [0.29, 0.717) is 113 Å². The van der Waals surface area contributed by atoms with Crippen LogP contribution in [0.1, 0.15) is 80.0 Å². The molecule has 1 saturated heterocycles. The van der Waals surface area contributed by atoms with Gasteiger partial charge in [0.15, 0.2) is 0 Å². The lowest BCUT2D eigenvalue weighted by Crippen LogP contribution is -2.40. The molecule has 0 radical (unpaired) electrons. The summed E-state index contributed by atoms with van der Waals surface area (Å²) < 4.78 is 11.5. The Kier molecular flexibility index (Phi) is 11.3. The first-order valence-corrected chi connectivity index (χ1v) is 16.0. The Morgan fingerprint density at radius 3 is 1.11 bits per heavy atom. The summed E-state index contributed by atoms with van der Waals surface area (Å²) in [6.45, 7) is 3.41. The van der Waals surface area contributed by atoms with Gasteiger partial charge in [-0.2, -0.15) is 0 Å². The van der Waals surface area contributed by atoms with E-state index >= 15 is 0 Å². The molecule has 0 spiro atoms. The van der Waals surface area contributed by atoms with Gasteiger partial charge in [-0.15, -0.1) is 0 Å². The van der Waals surface area contributed by atoms with Crippen LogP contribution >= 0.6 is 0 Å². The summed E-state index contributed by atoms with van der Waals surface area (Å²) in [7, 11) is 0. The number of ether oxygens (including phenoxy) is 2. The smallest absolute Gasteiger partial charge is 0.261 e. The fourth-order valence-corrected chi connectivity index (χ4v) is 5.92. The predicted octanol–water partition coefficient (Wildman–Crippen LogP) is 2.62. The maximum Gasteiger partial charge on any atom is 0.261 e. The zero-order valence-electron chi connectivity index (χ0n) is 26.0. The van der Waals surface area contributed by atoms with E-state index in [2.05, 4.69) is 0 Å².